The van der Waals surface area contributed by atoms with Gasteiger partial charge in [-0.2, -0.15) is 0 Å². The Morgan fingerprint density at radius 2 is 1.95 bits per heavy atom. The smallest absolute Gasteiger partial charge is 0.258 e. The maximum Gasteiger partial charge on any atom is 0.269 e. The number of fused-ring (bicyclic) bond motifs is 1. The summed E-state index contributed by atoms with van der Waals surface area (Å²) in [4.78, 5) is 20.2. The molecule has 0 spiro atoms. The molecule has 2 heterocycles. The lowest BCUT2D eigenvalue weighted by Gasteiger charge is -2.02. The second-order valence-electron chi connectivity index (χ2n) is 3.79. The normalized spacial score (nSPS) is 10.8. The minimum Gasteiger partial charge on any atom is -0.258 e. The van der Waals surface area contributed by atoms with Crippen LogP contribution >= 0.6 is 34.7 Å². The van der Waals surface area contributed by atoms with Gasteiger partial charge in [0.1, 0.15) is 9.86 Å². The van der Waals surface area contributed by atoms with Crippen LogP contribution in [0.5, 0.6) is 0 Å². The van der Waals surface area contributed by atoms with Crippen LogP contribution < -0.4 is 0 Å². The summed E-state index contributed by atoms with van der Waals surface area (Å²) in [5, 5.41) is 14.4. The van der Waals surface area contributed by atoms with Crippen molar-refractivity contribution < 1.29 is 4.92 Å². The highest BCUT2D eigenvalue weighted by Gasteiger charge is 2.10. The molecule has 0 aliphatic carbocycles. The fraction of sp³-hybridized carbons (Fsp3) is 0. The molecular weight excluding hydrogens is 318 g/mol. The van der Waals surface area contributed by atoms with Crippen LogP contribution in [0.25, 0.3) is 10.2 Å². The van der Waals surface area contributed by atoms with Gasteiger partial charge in [0, 0.05) is 22.4 Å². The maximum atomic E-state index is 10.6. The van der Waals surface area contributed by atoms with Crippen molar-refractivity contribution >= 4 is 50.6 Å². The predicted octanol–water partition coefficient (Wildman–Crippen LogP) is 4.40. The fourth-order valence-corrected chi connectivity index (χ4v) is 3.63. The minimum absolute atomic E-state index is 0.0655. The highest BCUT2D eigenvalue weighted by atomic mass is 35.5. The molecule has 5 nitrogen and oxygen atoms in total. The number of rotatable bonds is 3. The molecule has 3 rings (SSSR count). The summed E-state index contributed by atoms with van der Waals surface area (Å²) in [6.45, 7) is 0. The lowest BCUT2D eigenvalue weighted by molar-refractivity contribution is -0.384. The number of hydrogen-bond donors (Lipinski definition) is 0. The zero-order valence-corrected chi connectivity index (χ0v) is 12.2. The van der Waals surface area contributed by atoms with Crippen LogP contribution in [0.3, 0.4) is 0 Å². The second-order valence-corrected chi connectivity index (χ2v) is 6.09. The molecule has 2 aromatic heterocycles. The van der Waals surface area contributed by atoms with Gasteiger partial charge in [-0.3, -0.25) is 10.1 Å². The number of non-ortho nitro benzene ring substituents is 1. The van der Waals surface area contributed by atoms with Crippen molar-refractivity contribution in [3.05, 3.63) is 51.1 Å². The second kappa shape index (κ2) is 5.35. The molecule has 0 aliphatic heterocycles. The number of benzene rings is 1. The summed E-state index contributed by atoms with van der Waals surface area (Å²) in [7, 11) is 0. The number of thiophene rings is 1. The van der Waals surface area contributed by atoms with E-state index in [0.29, 0.717) is 0 Å². The highest BCUT2D eigenvalue weighted by Crippen LogP contribution is 2.34. The number of nitro groups is 1. The lowest BCUT2D eigenvalue weighted by Crippen LogP contribution is -1.88. The van der Waals surface area contributed by atoms with E-state index < -0.39 is 4.92 Å². The quantitative estimate of drug-likeness (QED) is 0.309. The fourth-order valence-electron chi connectivity index (χ4n) is 1.63. The number of nitro benzene ring substituents is 1. The standard InChI is InChI=1S/C12H6ClN3O2S2/c13-12-14-10-9(5-6-19-10)11(15-12)20-8-3-1-7(2-4-8)16(17)18/h1-6H. The average Bonchev–Trinajstić information content (AvgIpc) is 2.87. The Kier molecular flexibility index (Phi) is 3.56. The zero-order valence-electron chi connectivity index (χ0n) is 9.82. The molecule has 20 heavy (non-hydrogen) atoms. The number of hydrogen-bond acceptors (Lipinski definition) is 6. The predicted molar refractivity (Wildman–Crippen MR) is 79.6 cm³/mol. The van der Waals surface area contributed by atoms with Crippen LogP contribution in [0.1, 0.15) is 0 Å². The van der Waals surface area contributed by atoms with E-state index in [0.717, 1.165) is 20.1 Å². The van der Waals surface area contributed by atoms with Crippen LogP contribution in [0.2, 0.25) is 5.28 Å². The first-order valence-corrected chi connectivity index (χ1v) is 7.54. The summed E-state index contributed by atoms with van der Waals surface area (Å²) >= 11 is 8.79. The van der Waals surface area contributed by atoms with Gasteiger partial charge >= 0.3 is 0 Å². The van der Waals surface area contributed by atoms with E-state index in [-0.39, 0.29) is 11.0 Å². The topological polar surface area (TPSA) is 68.9 Å². The monoisotopic (exact) mass is 323 g/mol. The molecule has 0 saturated heterocycles. The van der Waals surface area contributed by atoms with E-state index in [1.165, 1.54) is 35.2 Å². The van der Waals surface area contributed by atoms with Crippen LogP contribution in [0.15, 0.2) is 45.6 Å². The molecule has 0 radical (unpaired) electrons. The molecule has 0 saturated carbocycles. The molecule has 0 bridgehead atoms. The van der Waals surface area contributed by atoms with Gasteiger partial charge in [0.05, 0.1) is 4.92 Å². The van der Waals surface area contributed by atoms with E-state index >= 15 is 0 Å². The highest BCUT2D eigenvalue weighted by molar-refractivity contribution is 7.99. The average molecular weight is 324 g/mol. The van der Waals surface area contributed by atoms with Gasteiger partial charge in [-0.1, -0.05) is 11.8 Å². The number of halogens is 1. The van der Waals surface area contributed by atoms with Crippen molar-refractivity contribution in [1.82, 2.24) is 9.97 Å². The third-order valence-corrected chi connectivity index (χ3v) is 4.51. The van der Waals surface area contributed by atoms with Gasteiger partial charge in [-0.05, 0) is 35.2 Å². The van der Waals surface area contributed by atoms with E-state index in [2.05, 4.69) is 9.97 Å². The molecule has 8 heteroatoms. The van der Waals surface area contributed by atoms with Crippen molar-refractivity contribution in [2.24, 2.45) is 0 Å². The Bertz CT molecular complexity index is 789. The Hall–Kier alpha value is -1.70. The summed E-state index contributed by atoms with van der Waals surface area (Å²) in [6.07, 6.45) is 0. The molecule has 0 fully saturated rings. The number of nitrogens with zero attached hydrogens (tertiary/aromatic N) is 3. The first-order valence-electron chi connectivity index (χ1n) is 5.46. The Morgan fingerprint density at radius 3 is 2.65 bits per heavy atom. The molecule has 100 valence electrons. The SMILES string of the molecule is O=[N+]([O-])c1ccc(Sc2nc(Cl)nc3sccc23)cc1. The van der Waals surface area contributed by atoms with Gasteiger partial charge in [-0.15, -0.1) is 11.3 Å². The first kappa shape index (κ1) is 13.3. The number of aromatic nitrogens is 2. The van der Waals surface area contributed by atoms with Crippen molar-refractivity contribution in [3.63, 3.8) is 0 Å². The molecule has 0 aliphatic rings. The van der Waals surface area contributed by atoms with E-state index in [1.807, 2.05) is 11.4 Å². The third-order valence-electron chi connectivity index (χ3n) is 2.52. The minimum atomic E-state index is -0.424. The molecule has 0 unspecified atom stereocenters. The van der Waals surface area contributed by atoms with Crippen molar-refractivity contribution in [3.8, 4) is 0 Å². The van der Waals surface area contributed by atoms with Crippen molar-refractivity contribution in [2.75, 3.05) is 0 Å². The third kappa shape index (κ3) is 2.60. The van der Waals surface area contributed by atoms with Crippen molar-refractivity contribution in [2.45, 2.75) is 9.92 Å². The van der Waals surface area contributed by atoms with Crippen LogP contribution in [-0.4, -0.2) is 14.9 Å². The molecular formula is C12H6ClN3O2S2. The van der Waals surface area contributed by atoms with Gasteiger partial charge in [0.2, 0.25) is 5.28 Å². The first-order chi connectivity index (χ1) is 9.63. The van der Waals surface area contributed by atoms with Crippen LogP contribution in [0.4, 0.5) is 5.69 Å². The lowest BCUT2D eigenvalue weighted by atomic mass is 10.3. The Balaban J connectivity index is 1.96. The molecule has 0 N–H and O–H groups in total. The zero-order chi connectivity index (χ0) is 14.1. The van der Waals surface area contributed by atoms with Crippen LogP contribution in [0, 0.1) is 10.1 Å². The van der Waals surface area contributed by atoms with Gasteiger partial charge in [0.25, 0.3) is 5.69 Å². The summed E-state index contributed by atoms with van der Waals surface area (Å²) < 4.78 is 0. The molecule has 0 atom stereocenters. The Labute approximate surface area is 126 Å². The maximum absolute atomic E-state index is 10.6. The molecule has 3 aromatic rings. The molecule has 0 amide bonds. The summed E-state index contributed by atoms with van der Waals surface area (Å²) in [6, 6.07) is 8.25. The van der Waals surface area contributed by atoms with E-state index in [9.17, 15) is 10.1 Å². The van der Waals surface area contributed by atoms with E-state index in [4.69, 9.17) is 11.6 Å². The van der Waals surface area contributed by atoms with Crippen LogP contribution in [-0.2, 0) is 0 Å². The van der Waals surface area contributed by atoms with Gasteiger partial charge in [-0.25, -0.2) is 9.97 Å². The Morgan fingerprint density at radius 1 is 1.20 bits per heavy atom. The van der Waals surface area contributed by atoms with Gasteiger partial charge < -0.3 is 0 Å². The van der Waals surface area contributed by atoms with Gasteiger partial charge in [0.15, 0.2) is 0 Å². The largest absolute Gasteiger partial charge is 0.269 e. The summed E-state index contributed by atoms with van der Waals surface area (Å²) in [5.74, 6) is 0. The van der Waals surface area contributed by atoms with Crippen molar-refractivity contribution in [1.29, 1.82) is 0 Å². The molecule has 1 aromatic carbocycles. The summed E-state index contributed by atoms with van der Waals surface area (Å²) in [5.41, 5.74) is 0.0655. The van der Waals surface area contributed by atoms with E-state index in [1.54, 1.807) is 12.1 Å².